The number of aromatic nitrogens is 2. The molecular weight excluding hydrogens is 222 g/mol. The first-order chi connectivity index (χ1) is 8.56. The summed E-state index contributed by atoms with van der Waals surface area (Å²) < 4.78 is 2.27. The average Bonchev–Trinajstić information content (AvgIpc) is 2.88. The smallest absolute Gasteiger partial charge is 0.203 e. The minimum absolute atomic E-state index is 0.542. The van der Waals surface area contributed by atoms with E-state index < -0.39 is 0 Å². The van der Waals surface area contributed by atoms with Gasteiger partial charge in [-0.25, -0.2) is 4.98 Å². The van der Waals surface area contributed by atoms with Crippen LogP contribution in [-0.4, -0.2) is 15.6 Å². The molecule has 1 aliphatic rings. The highest BCUT2D eigenvalue weighted by atomic mass is 15.2. The van der Waals surface area contributed by atoms with Gasteiger partial charge in [-0.2, -0.15) is 0 Å². The molecule has 18 heavy (non-hydrogen) atoms. The van der Waals surface area contributed by atoms with E-state index in [9.17, 15) is 0 Å². The van der Waals surface area contributed by atoms with Crippen LogP contribution in [0.5, 0.6) is 0 Å². The molecule has 0 radical (unpaired) electrons. The quantitative estimate of drug-likeness (QED) is 0.859. The van der Waals surface area contributed by atoms with Gasteiger partial charge in [-0.15, -0.1) is 0 Å². The summed E-state index contributed by atoms with van der Waals surface area (Å²) in [5, 5.41) is 3.63. The van der Waals surface area contributed by atoms with Crippen molar-refractivity contribution in [3.8, 4) is 0 Å². The summed E-state index contributed by atoms with van der Waals surface area (Å²) in [6.45, 7) is 9.92. The molecule has 1 aliphatic carbocycles. The first kappa shape index (κ1) is 13.4. The second-order valence-corrected chi connectivity index (χ2v) is 6.23. The lowest BCUT2D eigenvalue weighted by atomic mass is 10.0. The number of anilines is 1. The van der Waals surface area contributed by atoms with Gasteiger partial charge in [-0.3, -0.25) is 0 Å². The molecule has 1 atom stereocenters. The molecule has 1 unspecified atom stereocenters. The summed E-state index contributed by atoms with van der Waals surface area (Å²) in [6.07, 6.45) is 7.70. The van der Waals surface area contributed by atoms with Crippen molar-refractivity contribution in [2.75, 3.05) is 5.32 Å². The number of nitrogens with zero attached hydrogens (tertiary/aromatic N) is 2. The van der Waals surface area contributed by atoms with Crippen molar-refractivity contribution in [3.05, 3.63) is 11.9 Å². The maximum Gasteiger partial charge on any atom is 0.203 e. The van der Waals surface area contributed by atoms with Gasteiger partial charge in [0.2, 0.25) is 5.95 Å². The Morgan fingerprint density at radius 1 is 1.33 bits per heavy atom. The molecule has 1 aromatic rings. The molecule has 3 heteroatoms. The van der Waals surface area contributed by atoms with Crippen molar-refractivity contribution >= 4 is 5.95 Å². The van der Waals surface area contributed by atoms with Crippen LogP contribution in [0.3, 0.4) is 0 Å². The zero-order valence-electron chi connectivity index (χ0n) is 12.2. The Hall–Kier alpha value is -0.990. The fraction of sp³-hybridized carbons (Fsp3) is 0.800. The van der Waals surface area contributed by atoms with Crippen LogP contribution >= 0.6 is 0 Å². The second kappa shape index (κ2) is 5.77. The first-order valence-corrected chi connectivity index (χ1v) is 7.36. The van der Waals surface area contributed by atoms with E-state index in [1.165, 1.54) is 25.7 Å². The van der Waals surface area contributed by atoms with Gasteiger partial charge in [0, 0.05) is 18.8 Å². The van der Waals surface area contributed by atoms with Gasteiger partial charge in [-0.1, -0.05) is 26.7 Å². The maximum absolute atomic E-state index is 4.63. The second-order valence-electron chi connectivity index (χ2n) is 6.23. The highest BCUT2D eigenvalue weighted by molar-refractivity contribution is 5.30. The van der Waals surface area contributed by atoms with Crippen LogP contribution in [0, 0.1) is 18.8 Å². The Morgan fingerprint density at radius 3 is 2.61 bits per heavy atom. The number of rotatable bonds is 5. The maximum atomic E-state index is 4.63. The Balaban J connectivity index is 2.02. The highest BCUT2D eigenvalue weighted by Crippen LogP contribution is 2.29. The molecule has 0 bridgehead atoms. The molecule has 1 fully saturated rings. The highest BCUT2D eigenvalue weighted by Gasteiger charge is 2.22. The largest absolute Gasteiger partial charge is 0.353 e. The fourth-order valence-corrected chi connectivity index (χ4v) is 2.97. The summed E-state index contributed by atoms with van der Waals surface area (Å²) in [4.78, 5) is 4.63. The molecular formula is C15H27N3. The van der Waals surface area contributed by atoms with E-state index >= 15 is 0 Å². The summed E-state index contributed by atoms with van der Waals surface area (Å²) in [5.41, 5.74) is 1.11. The molecule has 0 amide bonds. The molecule has 1 saturated carbocycles. The predicted molar refractivity (Wildman–Crippen MR) is 76.8 cm³/mol. The van der Waals surface area contributed by atoms with Gasteiger partial charge < -0.3 is 9.88 Å². The third-order valence-corrected chi connectivity index (χ3v) is 3.92. The van der Waals surface area contributed by atoms with Gasteiger partial charge in [0.15, 0.2) is 0 Å². The van der Waals surface area contributed by atoms with E-state index in [1.807, 2.05) is 0 Å². The van der Waals surface area contributed by atoms with Gasteiger partial charge >= 0.3 is 0 Å². The van der Waals surface area contributed by atoms with Crippen LogP contribution in [0.25, 0.3) is 0 Å². The van der Waals surface area contributed by atoms with Crippen molar-refractivity contribution in [1.82, 2.24) is 9.55 Å². The van der Waals surface area contributed by atoms with Crippen molar-refractivity contribution in [1.29, 1.82) is 0 Å². The number of aryl methyl sites for hydroxylation is 1. The SMILES string of the molecule is Cc1cn(CC(C)C)c(NC(C)C2CCCC2)n1. The standard InChI is InChI=1S/C15H27N3/c1-11(2)9-18-10-12(3)16-15(18)17-13(4)14-7-5-6-8-14/h10-11,13-14H,5-9H2,1-4H3,(H,16,17). The third-order valence-electron chi connectivity index (χ3n) is 3.92. The molecule has 0 aliphatic heterocycles. The molecule has 0 saturated heterocycles. The zero-order chi connectivity index (χ0) is 13.1. The summed E-state index contributed by atoms with van der Waals surface area (Å²) >= 11 is 0. The van der Waals surface area contributed by atoms with Crippen molar-refractivity contribution < 1.29 is 0 Å². The Morgan fingerprint density at radius 2 is 2.00 bits per heavy atom. The van der Waals surface area contributed by atoms with Crippen LogP contribution in [0.2, 0.25) is 0 Å². The van der Waals surface area contributed by atoms with Gasteiger partial charge in [0.05, 0.1) is 5.69 Å². The van der Waals surface area contributed by atoms with E-state index in [0.717, 1.165) is 24.1 Å². The third kappa shape index (κ3) is 3.27. The van der Waals surface area contributed by atoms with Crippen molar-refractivity contribution in [2.24, 2.45) is 11.8 Å². The minimum atomic E-state index is 0.542. The van der Waals surface area contributed by atoms with Crippen LogP contribution in [-0.2, 0) is 6.54 Å². The predicted octanol–water partition coefficient (Wildman–Crippen LogP) is 3.84. The van der Waals surface area contributed by atoms with E-state index in [2.05, 4.69) is 48.8 Å². The number of imidazole rings is 1. The summed E-state index contributed by atoms with van der Waals surface area (Å²) in [5.74, 6) is 2.54. The molecule has 3 nitrogen and oxygen atoms in total. The van der Waals surface area contributed by atoms with Gasteiger partial charge in [0.1, 0.15) is 0 Å². The Labute approximate surface area is 111 Å². The molecule has 0 spiro atoms. The molecule has 102 valence electrons. The van der Waals surface area contributed by atoms with Crippen LogP contribution < -0.4 is 5.32 Å². The van der Waals surface area contributed by atoms with Gasteiger partial charge in [0.25, 0.3) is 0 Å². The lowest BCUT2D eigenvalue weighted by Crippen LogP contribution is -2.26. The molecule has 0 aromatic carbocycles. The van der Waals surface area contributed by atoms with E-state index in [1.54, 1.807) is 0 Å². The van der Waals surface area contributed by atoms with Crippen LogP contribution in [0.15, 0.2) is 6.20 Å². The number of hydrogen-bond acceptors (Lipinski definition) is 2. The van der Waals surface area contributed by atoms with Crippen molar-refractivity contribution in [2.45, 2.75) is 66.0 Å². The molecule has 2 rings (SSSR count). The summed E-state index contributed by atoms with van der Waals surface area (Å²) in [6, 6.07) is 0.542. The normalized spacial score (nSPS) is 18.5. The lowest BCUT2D eigenvalue weighted by Gasteiger charge is -2.22. The fourth-order valence-electron chi connectivity index (χ4n) is 2.97. The van der Waals surface area contributed by atoms with Crippen molar-refractivity contribution in [3.63, 3.8) is 0 Å². The van der Waals surface area contributed by atoms with E-state index in [0.29, 0.717) is 12.0 Å². The van der Waals surface area contributed by atoms with E-state index in [4.69, 9.17) is 0 Å². The Kier molecular flexibility index (Phi) is 4.31. The van der Waals surface area contributed by atoms with Gasteiger partial charge in [-0.05, 0) is 38.5 Å². The minimum Gasteiger partial charge on any atom is -0.353 e. The monoisotopic (exact) mass is 249 g/mol. The average molecular weight is 249 g/mol. The van der Waals surface area contributed by atoms with Crippen LogP contribution in [0.1, 0.15) is 52.1 Å². The summed E-state index contributed by atoms with van der Waals surface area (Å²) in [7, 11) is 0. The molecule has 1 aromatic heterocycles. The van der Waals surface area contributed by atoms with Crippen LogP contribution in [0.4, 0.5) is 5.95 Å². The Bertz CT molecular complexity index is 375. The number of hydrogen-bond donors (Lipinski definition) is 1. The zero-order valence-corrected chi connectivity index (χ0v) is 12.2. The topological polar surface area (TPSA) is 29.9 Å². The lowest BCUT2D eigenvalue weighted by molar-refractivity contribution is 0.471. The van der Waals surface area contributed by atoms with E-state index in [-0.39, 0.29) is 0 Å². The number of nitrogens with one attached hydrogen (secondary N) is 1. The molecule has 1 heterocycles. The molecule has 1 N–H and O–H groups in total. The first-order valence-electron chi connectivity index (χ1n) is 7.36.